The van der Waals surface area contributed by atoms with Crippen molar-refractivity contribution < 1.29 is 4.79 Å². The number of nitrogens with zero attached hydrogens (tertiary/aromatic N) is 7. The van der Waals surface area contributed by atoms with Crippen LogP contribution in [0.25, 0.3) is 11.0 Å². The highest BCUT2D eigenvalue weighted by molar-refractivity contribution is 5.86. The number of hydrogen-bond donors (Lipinski definition) is 2. The Kier molecular flexibility index (Phi) is 3.92. The maximum atomic E-state index is 12.3. The van der Waals surface area contributed by atoms with E-state index in [2.05, 4.69) is 35.5 Å². The number of carbonyl (C=O) groups is 1. The lowest BCUT2D eigenvalue weighted by molar-refractivity contribution is 0.193. The van der Waals surface area contributed by atoms with Crippen LogP contribution in [-0.4, -0.2) is 67.1 Å². The Morgan fingerprint density at radius 2 is 2.12 bits per heavy atom. The van der Waals surface area contributed by atoms with E-state index in [1.165, 1.54) is 0 Å². The van der Waals surface area contributed by atoms with Gasteiger partial charge in [0.15, 0.2) is 5.65 Å². The van der Waals surface area contributed by atoms with Gasteiger partial charge in [0.2, 0.25) is 0 Å². The van der Waals surface area contributed by atoms with E-state index in [1.807, 2.05) is 18.0 Å². The third-order valence-corrected chi connectivity index (χ3v) is 4.36. The normalized spacial score (nSPS) is 14.9. The van der Waals surface area contributed by atoms with E-state index >= 15 is 0 Å². The van der Waals surface area contributed by atoms with Crippen molar-refractivity contribution in [1.82, 2.24) is 40.2 Å². The number of anilines is 1. The molecule has 0 aromatic carbocycles. The van der Waals surface area contributed by atoms with Crippen LogP contribution < -0.4 is 10.2 Å². The molecule has 0 bridgehead atoms. The van der Waals surface area contributed by atoms with Crippen LogP contribution in [0.15, 0.2) is 24.8 Å². The Morgan fingerprint density at radius 3 is 2.88 bits per heavy atom. The van der Waals surface area contributed by atoms with Crippen molar-refractivity contribution in [3.8, 4) is 0 Å². The van der Waals surface area contributed by atoms with E-state index in [9.17, 15) is 4.79 Å². The lowest BCUT2D eigenvalue weighted by atomic mass is 10.3. The summed E-state index contributed by atoms with van der Waals surface area (Å²) in [6, 6.07) is 1.77. The van der Waals surface area contributed by atoms with Crippen LogP contribution in [0.3, 0.4) is 0 Å². The maximum absolute atomic E-state index is 12.3. The molecule has 3 aromatic rings. The van der Waals surface area contributed by atoms with Crippen LogP contribution in [0, 0.1) is 0 Å². The molecule has 2 amide bonds. The second kappa shape index (κ2) is 6.38. The number of piperazine rings is 1. The smallest absolute Gasteiger partial charge is 0.317 e. The summed E-state index contributed by atoms with van der Waals surface area (Å²) >= 11 is 0. The Balaban J connectivity index is 1.38. The first-order valence-corrected chi connectivity index (χ1v) is 8.11. The lowest BCUT2D eigenvalue weighted by Crippen LogP contribution is -2.52. The van der Waals surface area contributed by atoms with Crippen molar-refractivity contribution in [1.29, 1.82) is 0 Å². The molecule has 0 saturated carbocycles. The number of fused-ring (bicyclic) bond motifs is 1. The van der Waals surface area contributed by atoms with E-state index in [0.29, 0.717) is 19.6 Å². The number of hydrogen-bond acceptors (Lipinski definition) is 6. The molecule has 0 radical (unpaired) electrons. The predicted octanol–water partition coefficient (Wildman–Crippen LogP) is 0.118. The topological polar surface area (TPSA) is 108 Å². The monoisotopic (exact) mass is 341 g/mol. The predicted molar refractivity (Wildman–Crippen MR) is 90.9 cm³/mol. The quantitative estimate of drug-likeness (QED) is 0.700. The summed E-state index contributed by atoms with van der Waals surface area (Å²) in [5.74, 6) is 0.871. The van der Waals surface area contributed by atoms with Gasteiger partial charge in [-0.25, -0.2) is 14.8 Å². The molecule has 1 aliphatic rings. The number of H-pyrrole nitrogens is 1. The minimum atomic E-state index is -0.0662. The number of aromatic amines is 1. The Morgan fingerprint density at radius 1 is 1.28 bits per heavy atom. The van der Waals surface area contributed by atoms with Gasteiger partial charge in [-0.2, -0.15) is 10.2 Å². The number of nitrogens with one attached hydrogen (secondary N) is 2. The average Bonchev–Trinajstić information content (AvgIpc) is 3.30. The molecule has 130 valence electrons. The number of amides is 2. The van der Waals surface area contributed by atoms with Crippen LogP contribution in [0.1, 0.15) is 5.69 Å². The number of aryl methyl sites for hydroxylation is 1. The van der Waals surface area contributed by atoms with Gasteiger partial charge < -0.3 is 15.1 Å². The highest BCUT2D eigenvalue weighted by Gasteiger charge is 2.23. The molecule has 1 aliphatic heterocycles. The van der Waals surface area contributed by atoms with Crippen molar-refractivity contribution >= 4 is 22.9 Å². The molecule has 4 heterocycles. The summed E-state index contributed by atoms with van der Waals surface area (Å²) in [4.78, 5) is 24.9. The number of carbonyl (C=O) groups excluding carboxylic acids is 1. The van der Waals surface area contributed by atoms with Crippen LogP contribution in [-0.2, 0) is 13.6 Å². The summed E-state index contributed by atoms with van der Waals surface area (Å²) in [6.07, 6.45) is 5.01. The number of rotatable bonds is 3. The molecule has 0 spiro atoms. The first-order valence-electron chi connectivity index (χ1n) is 8.11. The standard InChI is InChI=1S/C15H19N9O/c1-22-13-12(9-20-22)14(18-10-17-13)23-4-6-24(7-5-23)15(25)16-8-11-2-3-19-21-11/h2-3,9-10H,4-8H2,1H3,(H,16,25)(H,19,21). The Labute approximate surface area is 143 Å². The van der Waals surface area contributed by atoms with Gasteiger partial charge in [0.1, 0.15) is 12.1 Å². The van der Waals surface area contributed by atoms with Crippen LogP contribution in [0.5, 0.6) is 0 Å². The van der Waals surface area contributed by atoms with Crippen molar-refractivity contribution in [2.24, 2.45) is 7.05 Å². The zero-order chi connectivity index (χ0) is 17.2. The van der Waals surface area contributed by atoms with Gasteiger partial charge in [0.05, 0.1) is 23.8 Å². The highest BCUT2D eigenvalue weighted by Crippen LogP contribution is 2.23. The highest BCUT2D eigenvalue weighted by atomic mass is 16.2. The molecule has 0 aliphatic carbocycles. The van der Waals surface area contributed by atoms with Gasteiger partial charge in [-0.1, -0.05) is 0 Å². The first kappa shape index (κ1) is 15.4. The molecule has 10 nitrogen and oxygen atoms in total. The molecular formula is C15H19N9O. The summed E-state index contributed by atoms with van der Waals surface area (Å²) < 4.78 is 1.74. The van der Waals surface area contributed by atoms with Gasteiger partial charge in [-0.05, 0) is 6.07 Å². The molecule has 3 aromatic heterocycles. The Bertz CT molecular complexity index is 864. The van der Waals surface area contributed by atoms with Crippen molar-refractivity contribution in [2.45, 2.75) is 6.54 Å². The fourth-order valence-electron chi connectivity index (χ4n) is 2.99. The largest absolute Gasteiger partial charge is 0.352 e. The van der Waals surface area contributed by atoms with E-state index in [0.717, 1.165) is 35.6 Å². The third kappa shape index (κ3) is 2.97. The second-order valence-electron chi connectivity index (χ2n) is 5.92. The van der Waals surface area contributed by atoms with Crippen molar-refractivity contribution in [3.63, 3.8) is 0 Å². The summed E-state index contributed by atoms with van der Waals surface area (Å²) in [5, 5.41) is 14.8. The van der Waals surface area contributed by atoms with Gasteiger partial charge in [0, 0.05) is 39.4 Å². The van der Waals surface area contributed by atoms with Crippen LogP contribution in [0.2, 0.25) is 0 Å². The molecule has 0 atom stereocenters. The minimum absolute atomic E-state index is 0.0662. The molecule has 1 saturated heterocycles. The summed E-state index contributed by atoms with van der Waals surface area (Å²) in [6.45, 7) is 3.17. The summed E-state index contributed by atoms with van der Waals surface area (Å²) in [5.41, 5.74) is 1.69. The van der Waals surface area contributed by atoms with Gasteiger partial charge >= 0.3 is 6.03 Å². The van der Waals surface area contributed by atoms with Gasteiger partial charge in [-0.3, -0.25) is 9.78 Å². The Hall–Kier alpha value is -3.17. The lowest BCUT2D eigenvalue weighted by Gasteiger charge is -2.35. The minimum Gasteiger partial charge on any atom is -0.352 e. The molecule has 2 N–H and O–H groups in total. The van der Waals surface area contributed by atoms with Gasteiger partial charge in [-0.15, -0.1) is 0 Å². The maximum Gasteiger partial charge on any atom is 0.317 e. The SMILES string of the molecule is Cn1ncc2c(N3CCN(C(=O)NCc4ccn[nH]4)CC3)ncnc21. The molecule has 25 heavy (non-hydrogen) atoms. The zero-order valence-electron chi connectivity index (χ0n) is 13.9. The number of urea groups is 1. The summed E-state index contributed by atoms with van der Waals surface area (Å²) in [7, 11) is 1.86. The second-order valence-corrected chi connectivity index (χ2v) is 5.92. The van der Waals surface area contributed by atoms with E-state index in [1.54, 1.807) is 23.4 Å². The fourth-order valence-corrected chi connectivity index (χ4v) is 2.99. The van der Waals surface area contributed by atoms with Crippen molar-refractivity contribution in [3.05, 3.63) is 30.5 Å². The fraction of sp³-hybridized carbons (Fsp3) is 0.400. The molecule has 4 rings (SSSR count). The molecular weight excluding hydrogens is 322 g/mol. The third-order valence-electron chi connectivity index (χ3n) is 4.36. The molecule has 0 unspecified atom stereocenters. The van der Waals surface area contributed by atoms with Crippen LogP contribution >= 0.6 is 0 Å². The molecule has 10 heteroatoms. The van der Waals surface area contributed by atoms with E-state index < -0.39 is 0 Å². The van der Waals surface area contributed by atoms with E-state index in [4.69, 9.17) is 0 Å². The van der Waals surface area contributed by atoms with Crippen molar-refractivity contribution in [2.75, 3.05) is 31.1 Å². The van der Waals surface area contributed by atoms with Gasteiger partial charge in [0.25, 0.3) is 0 Å². The first-order chi connectivity index (χ1) is 12.2. The average molecular weight is 341 g/mol. The number of aromatic nitrogens is 6. The van der Waals surface area contributed by atoms with E-state index in [-0.39, 0.29) is 6.03 Å². The molecule has 1 fully saturated rings. The van der Waals surface area contributed by atoms with Crippen LogP contribution in [0.4, 0.5) is 10.6 Å². The zero-order valence-corrected chi connectivity index (χ0v) is 13.9.